The summed E-state index contributed by atoms with van der Waals surface area (Å²) in [7, 11) is -3.37. The van der Waals surface area contributed by atoms with Crippen molar-refractivity contribution in [3.05, 3.63) is 28.8 Å². The molecule has 0 bridgehead atoms. The minimum atomic E-state index is -3.37. The quantitative estimate of drug-likeness (QED) is 0.190. The minimum absolute atomic E-state index is 0.00236. The number of sulfonamides is 1. The van der Waals surface area contributed by atoms with E-state index in [4.69, 9.17) is 5.73 Å². The summed E-state index contributed by atoms with van der Waals surface area (Å²) in [5, 5.41) is 45.9. The van der Waals surface area contributed by atoms with Gasteiger partial charge in [0.1, 0.15) is 17.8 Å². The van der Waals surface area contributed by atoms with Gasteiger partial charge in [-0.15, -0.1) is 0 Å². The van der Waals surface area contributed by atoms with E-state index in [1.54, 1.807) is 33.8 Å². The van der Waals surface area contributed by atoms with Gasteiger partial charge in [0.05, 0.1) is 23.8 Å². The van der Waals surface area contributed by atoms with Crippen molar-refractivity contribution in [3.8, 4) is 5.75 Å². The van der Waals surface area contributed by atoms with Gasteiger partial charge < -0.3 is 26.2 Å². The first-order valence-electron chi connectivity index (χ1n) is 13.6. The highest BCUT2D eigenvalue weighted by Crippen LogP contribution is 2.65. The van der Waals surface area contributed by atoms with E-state index in [2.05, 4.69) is 4.72 Å². The Bertz CT molecular complexity index is 1360. The van der Waals surface area contributed by atoms with Crippen LogP contribution in [-0.2, 0) is 32.5 Å². The number of benzene rings is 1. The number of phenols is 1. The Morgan fingerprint density at radius 2 is 1.82 bits per heavy atom. The molecule has 7 N–H and O–H groups in total. The van der Waals surface area contributed by atoms with Gasteiger partial charge in [0.25, 0.3) is 0 Å². The summed E-state index contributed by atoms with van der Waals surface area (Å²) in [6, 6.07) is 3.05. The number of amides is 1. The molecule has 1 aromatic rings. The standard InChI is InChI=1S/C28H40N2O9S/c1-13(2)19-22(33)18(25(29)36)23(34)28(37)24(35)20-21(32)17-15(11-26(20,3)12-27(19,28)4)14(8-9-16(17)31)7-6-10-30-40(5,38)39/h8-9,13,18-20,22,24,30-31,33,35,37H,6-7,10-12H2,1-5H3,(H2,29,36)/t18-,19+,20-,22?,24?,26-,27-,28+/m1/s1. The average molecular weight is 581 g/mol. The van der Waals surface area contributed by atoms with Crippen molar-refractivity contribution in [1.29, 1.82) is 0 Å². The first kappa shape index (κ1) is 30.6. The summed E-state index contributed by atoms with van der Waals surface area (Å²) >= 11 is 0. The van der Waals surface area contributed by atoms with Crippen LogP contribution in [0, 0.1) is 34.5 Å². The summed E-state index contributed by atoms with van der Waals surface area (Å²) < 4.78 is 25.3. The van der Waals surface area contributed by atoms with Crippen LogP contribution < -0.4 is 10.5 Å². The van der Waals surface area contributed by atoms with E-state index < -0.39 is 73.9 Å². The normalized spacial score (nSPS) is 37.6. The lowest BCUT2D eigenvalue weighted by Gasteiger charge is -2.66. The molecule has 40 heavy (non-hydrogen) atoms. The average Bonchev–Trinajstić information content (AvgIpc) is 2.79. The number of carbonyl (C=O) groups excluding carboxylic acids is 3. The number of carbonyl (C=O) groups is 3. The molecule has 0 spiro atoms. The van der Waals surface area contributed by atoms with Crippen molar-refractivity contribution >= 4 is 27.5 Å². The first-order valence-corrected chi connectivity index (χ1v) is 15.5. The van der Waals surface area contributed by atoms with Crippen LogP contribution in [0.2, 0.25) is 0 Å². The molecule has 11 nitrogen and oxygen atoms in total. The van der Waals surface area contributed by atoms with E-state index in [1.165, 1.54) is 6.07 Å². The van der Waals surface area contributed by atoms with Gasteiger partial charge in [0.2, 0.25) is 15.9 Å². The molecule has 0 saturated heterocycles. The largest absolute Gasteiger partial charge is 0.507 e. The Labute approximate surface area is 234 Å². The maximum Gasteiger partial charge on any atom is 0.230 e. The van der Waals surface area contributed by atoms with Gasteiger partial charge in [-0.05, 0) is 60.1 Å². The summed E-state index contributed by atoms with van der Waals surface area (Å²) in [6.07, 6.45) is -1.23. The van der Waals surface area contributed by atoms with Crippen LogP contribution in [0.1, 0.15) is 62.0 Å². The smallest absolute Gasteiger partial charge is 0.230 e. The Kier molecular flexibility index (Phi) is 7.54. The van der Waals surface area contributed by atoms with Crippen molar-refractivity contribution in [1.82, 2.24) is 4.72 Å². The number of fused-ring (bicyclic) bond motifs is 3. The predicted molar refractivity (Wildman–Crippen MR) is 145 cm³/mol. The van der Waals surface area contributed by atoms with Gasteiger partial charge in [0.15, 0.2) is 17.2 Å². The number of primary amides is 1. The fraction of sp³-hybridized carbons (Fsp3) is 0.679. The maximum absolute atomic E-state index is 14.0. The molecule has 0 heterocycles. The van der Waals surface area contributed by atoms with Gasteiger partial charge in [-0.2, -0.15) is 0 Å². The Morgan fingerprint density at radius 1 is 1.20 bits per heavy atom. The number of aliphatic hydroxyl groups excluding tert-OH is 2. The molecule has 222 valence electrons. The third kappa shape index (κ3) is 4.39. The molecular formula is C28H40N2O9S. The summed E-state index contributed by atoms with van der Waals surface area (Å²) in [5.74, 6) is -7.33. The molecule has 4 rings (SSSR count). The molecule has 2 unspecified atom stereocenters. The van der Waals surface area contributed by atoms with Gasteiger partial charge in [-0.1, -0.05) is 33.8 Å². The van der Waals surface area contributed by atoms with Crippen molar-refractivity contribution in [3.63, 3.8) is 0 Å². The number of nitrogens with one attached hydrogen (secondary N) is 1. The van der Waals surface area contributed by atoms with Crippen LogP contribution in [0.3, 0.4) is 0 Å². The van der Waals surface area contributed by atoms with Crippen LogP contribution in [0.15, 0.2) is 12.1 Å². The maximum atomic E-state index is 14.0. The van der Waals surface area contributed by atoms with Gasteiger partial charge in [0, 0.05) is 12.0 Å². The first-order chi connectivity index (χ1) is 18.3. The molecule has 12 heteroatoms. The number of rotatable bonds is 7. The number of nitrogens with two attached hydrogens (primary N) is 1. The van der Waals surface area contributed by atoms with E-state index in [9.17, 15) is 43.2 Å². The fourth-order valence-corrected chi connectivity index (χ4v) is 8.88. The highest BCUT2D eigenvalue weighted by molar-refractivity contribution is 7.88. The molecule has 8 atom stereocenters. The zero-order valence-electron chi connectivity index (χ0n) is 23.5. The van der Waals surface area contributed by atoms with Crippen molar-refractivity contribution in [2.24, 2.45) is 40.2 Å². The van der Waals surface area contributed by atoms with E-state index in [0.29, 0.717) is 18.4 Å². The molecular weight excluding hydrogens is 540 g/mol. The number of aromatic hydroxyl groups is 1. The van der Waals surface area contributed by atoms with Crippen molar-refractivity contribution < 1.29 is 43.2 Å². The number of ketones is 2. The van der Waals surface area contributed by atoms with E-state index in [1.807, 2.05) is 0 Å². The number of Topliss-reactive ketones (excluding diaryl/α,β-unsaturated/α-hetero) is 2. The van der Waals surface area contributed by atoms with Gasteiger partial charge >= 0.3 is 0 Å². The van der Waals surface area contributed by atoms with E-state index in [0.717, 1.165) is 11.8 Å². The Hall–Kier alpha value is -2.38. The van der Waals surface area contributed by atoms with Crippen LogP contribution in [0.4, 0.5) is 0 Å². The molecule has 3 aliphatic rings. The molecule has 3 aliphatic carbocycles. The van der Waals surface area contributed by atoms with E-state index in [-0.39, 0.29) is 36.6 Å². The summed E-state index contributed by atoms with van der Waals surface area (Å²) in [5.41, 5.74) is 1.82. The molecule has 0 aromatic heterocycles. The second-order valence-electron chi connectivity index (χ2n) is 12.9. The van der Waals surface area contributed by atoms with E-state index >= 15 is 0 Å². The molecule has 0 aliphatic heterocycles. The van der Waals surface area contributed by atoms with Crippen LogP contribution >= 0.6 is 0 Å². The van der Waals surface area contributed by atoms with Crippen LogP contribution in [0.25, 0.3) is 0 Å². The van der Waals surface area contributed by atoms with Crippen LogP contribution in [0.5, 0.6) is 5.75 Å². The van der Waals surface area contributed by atoms with Crippen LogP contribution in [-0.4, -0.2) is 76.9 Å². The molecule has 1 aromatic carbocycles. The fourth-order valence-electron chi connectivity index (χ4n) is 8.36. The molecule has 2 saturated carbocycles. The minimum Gasteiger partial charge on any atom is -0.507 e. The Balaban J connectivity index is 1.83. The summed E-state index contributed by atoms with van der Waals surface area (Å²) in [6.45, 7) is 7.16. The van der Waals surface area contributed by atoms with Crippen molar-refractivity contribution in [2.75, 3.05) is 12.8 Å². The SMILES string of the molecule is CC(C)[C@H]1C(O)[C@@H](C(N)=O)C(=O)[C@]2(O)C(O)[C@H]3C(=O)c4c(O)ccc(CCCNS(C)(=O)=O)c4C[C@]3(C)C[C@]12C. The number of hydrogen-bond donors (Lipinski definition) is 6. The molecule has 1 amide bonds. The lowest BCUT2D eigenvalue weighted by Crippen LogP contribution is -2.79. The second-order valence-corrected chi connectivity index (χ2v) is 14.7. The second kappa shape index (κ2) is 9.87. The van der Waals surface area contributed by atoms with Gasteiger partial charge in [-0.3, -0.25) is 14.4 Å². The molecule has 0 radical (unpaired) electrons. The topological polar surface area (TPSA) is 204 Å². The zero-order valence-corrected chi connectivity index (χ0v) is 24.3. The lowest BCUT2D eigenvalue weighted by atomic mass is 9.39. The van der Waals surface area contributed by atoms with Gasteiger partial charge in [-0.25, -0.2) is 13.1 Å². The zero-order chi connectivity index (χ0) is 30.2. The summed E-state index contributed by atoms with van der Waals surface area (Å²) in [4.78, 5) is 40.1. The third-order valence-corrected chi connectivity index (χ3v) is 10.5. The number of aryl methyl sites for hydroxylation is 1. The highest BCUT2D eigenvalue weighted by Gasteiger charge is 2.75. The number of aliphatic hydroxyl groups is 3. The third-order valence-electron chi connectivity index (χ3n) is 9.75. The van der Waals surface area contributed by atoms with Crippen molar-refractivity contribution in [2.45, 2.75) is 71.2 Å². The monoisotopic (exact) mass is 580 g/mol. The lowest BCUT2D eigenvalue weighted by molar-refractivity contribution is -0.265. The Morgan fingerprint density at radius 3 is 2.38 bits per heavy atom. The predicted octanol–water partition coefficient (Wildman–Crippen LogP) is 0.0546. The highest BCUT2D eigenvalue weighted by atomic mass is 32.2. The number of hydrogen-bond acceptors (Lipinski definition) is 9. The molecule has 2 fully saturated rings. The number of phenolic OH excluding ortho intramolecular Hbond substituents is 1.